The lowest BCUT2D eigenvalue weighted by Gasteiger charge is -2.34. The standard InChI is InChI=1S/C18H20N2/c1-3-18(4-2)13-14-9-5-6-10-15(14)17(20-18)16-11-7-8-12-19-16/h5-12H,3-4,13H2,1-2H3. The molecular weight excluding hydrogens is 244 g/mol. The van der Waals surface area contributed by atoms with Gasteiger partial charge in [0.15, 0.2) is 0 Å². The van der Waals surface area contributed by atoms with Gasteiger partial charge in [0.2, 0.25) is 0 Å². The second-order valence-corrected chi connectivity index (χ2v) is 5.44. The topological polar surface area (TPSA) is 25.2 Å². The maximum atomic E-state index is 5.12. The van der Waals surface area contributed by atoms with E-state index in [0.717, 1.165) is 30.7 Å². The molecule has 1 aromatic heterocycles. The van der Waals surface area contributed by atoms with E-state index in [-0.39, 0.29) is 5.54 Å². The summed E-state index contributed by atoms with van der Waals surface area (Å²) < 4.78 is 0. The molecule has 3 rings (SSSR count). The van der Waals surface area contributed by atoms with Crippen molar-refractivity contribution < 1.29 is 0 Å². The van der Waals surface area contributed by atoms with Crippen LogP contribution in [0.4, 0.5) is 0 Å². The number of hydrogen-bond donors (Lipinski definition) is 0. The van der Waals surface area contributed by atoms with Crippen LogP contribution in [0.15, 0.2) is 53.7 Å². The minimum Gasteiger partial charge on any atom is -0.275 e. The van der Waals surface area contributed by atoms with Crippen LogP contribution in [0.3, 0.4) is 0 Å². The van der Waals surface area contributed by atoms with E-state index in [4.69, 9.17) is 4.99 Å². The highest BCUT2D eigenvalue weighted by atomic mass is 14.9. The van der Waals surface area contributed by atoms with Gasteiger partial charge >= 0.3 is 0 Å². The van der Waals surface area contributed by atoms with E-state index in [1.165, 1.54) is 11.1 Å². The fraction of sp³-hybridized carbons (Fsp3) is 0.333. The van der Waals surface area contributed by atoms with Crippen LogP contribution < -0.4 is 0 Å². The Hall–Kier alpha value is -1.96. The number of aliphatic imine (C=N–C) groups is 1. The van der Waals surface area contributed by atoms with Crippen molar-refractivity contribution in [1.82, 2.24) is 4.98 Å². The molecule has 1 aromatic carbocycles. The molecule has 1 aliphatic rings. The van der Waals surface area contributed by atoms with Crippen molar-refractivity contribution in [2.45, 2.75) is 38.6 Å². The molecule has 2 heteroatoms. The third kappa shape index (κ3) is 2.15. The highest BCUT2D eigenvalue weighted by molar-refractivity contribution is 6.13. The molecule has 102 valence electrons. The Bertz CT molecular complexity index is 625. The molecule has 0 aliphatic carbocycles. The van der Waals surface area contributed by atoms with Crippen LogP contribution in [0.2, 0.25) is 0 Å². The van der Waals surface area contributed by atoms with Gasteiger partial charge in [-0.1, -0.05) is 44.2 Å². The average Bonchev–Trinajstić information content (AvgIpc) is 2.54. The van der Waals surface area contributed by atoms with E-state index < -0.39 is 0 Å². The lowest BCUT2D eigenvalue weighted by atomic mass is 9.80. The van der Waals surface area contributed by atoms with E-state index >= 15 is 0 Å². The first-order chi connectivity index (χ1) is 9.78. The lowest BCUT2D eigenvalue weighted by Crippen LogP contribution is -2.34. The van der Waals surface area contributed by atoms with Crippen LogP contribution in [0.25, 0.3) is 0 Å². The number of nitrogens with zero attached hydrogens (tertiary/aromatic N) is 2. The number of pyridine rings is 1. The van der Waals surface area contributed by atoms with Crippen molar-refractivity contribution in [3.8, 4) is 0 Å². The van der Waals surface area contributed by atoms with Crippen molar-refractivity contribution in [3.63, 3.8) is 0 Å². The molecule has 0 bridgehead atoms. The first kappa shape index (κ1) is 13.0. The Balaban J connectivity index is 2.19. The Kier molecular flexibility index (Phi) is 3.39. The van der Waals surface area contributed by atoms with E-state index in [2.05, 4.69) is 49.2 Å². The summed E-state index contributed by atoms with van der Waals surface area (Å²) >= 11 is 0. The zero-order valence-electron chi connectivity index (χ0n) is 12.1. The summed E-state index contributed by atoms with van der Waals surface area (Å²) in [5.41, 5.74) is 4.69. The Morgan fingerprint density at radius 2 is 1.75 bits per heavy atom. The molecule has 0 amide bonds. The molecule has 1 aliphatic heterocycles. The maximum absolute atomic E-state index is 5.12. The predicted octanol–water partition coefficient (Wildman–Crippen LogP) is 4.03. The zero-order valence-corrected chi connectivity index (χ0v) is 12.1. The molecule has 0 unspecified atom stereocenters. The van der Waals surface area contributed by atoms with Crippen molar-refractivity contribution >= 4 is 5.71 Å². The van der Waals surface area contributed by atoms with Gasteiger partial charge in [-0.15, -0.1) is 0 Å². The van der Waals surface area contributed by atoms with Gasteiger partial charge in [-0.2, -0.15) is 0 Å². The number of hydrogen-bond acceptors (Lipinski definition) is 2. The van der Waals surface area contributed by atoms with Gasteiger partial charge in [0.05, 0.1) is 16.9 Å². The maximum Gasteiger partial charge on any atom is 0.0912 e. The number of benzene rings is 1. The molecule has 0 saturated heterocycles. The van der Waals surface area contributed by atoms with Crippen molar-refractivity contribution in [3.05, 3.63) is 65.5 Å². The summed E-state index contributed by atoms with van der Waals surface area (Å²) in [4.78, 5) is 9.62. The van der Waals surface area contributed by atoms with Gasteiger partial charge in [-0.05, 0) is 37.0 Å². The normalized spacial score (nSPS) is 16.4. The third-order valence-corrected chi connectivity index (χ3v) is 4.36. The fourth-order valence-corrected chi connectivity index (χ4v) is 2.95. The first-order valence-electron chi connectivity index (χ1n) is 7.37. The second-order valence-electron chi connectivity index (χ2n) is 5.44. The molecule has 0 fully saturated rings. The molecule has 0 spiro atoms. The second kappa shape index (κ2) is 5.20. The summed E-state index contributed by atoms with van der Waals surface area (Å²) in [6.07, 6.45) is 5.00. The van der Waals surface area contributed by atoms with E-state index in [0.29, 0.717) is 0 Å². The molecule has 2 aromatic rings. The van der Waals surface area contributed by atoms with Gasteiger partial charge < -0.3 is 0 Å². The van der Waals surface area contributed by atoms with Gasteiger partial charge in [-0.25, -0.2) is 0 Å². The number of fused-ring (bicyclic) bond motifs is 1. The lowest BCUT2D eigenvalue weighted by molar-refractivity contribution is 0.392. The van der Waals surface area contributed by atoms with E-state index in [1.807, 2.05) is 18.3 Å². The molecule has 20 heavy (non-hydrogen) atoms. The predicted molar refractivity (Wildman–Crippen MR) is 83.3 cm³/mol. The van der Waals surface area contributed by atoms with Crippen LogP contribution in [0.1, 0.15) is 43.5 Å². The summed E-state index contributed by atoms with van der Waals surface area (Å²) in [6, 6.07) is 14.6. The highest BCUT2D eigenvalue weighted by Crippen LogP contribution is 2.33. The summed E-state index contributed by atoms with van der Waals surface area (Å²) in [5.74, 6) is 0. The quantitative estimate of drug-likeness (QED) is 0.821. The smallest absolute Gasteiger partial charge is 0.0912 e. The van der Waals surface area contributed by atoms with Crippen molar-refractivity contribution in [2.24, 2.45) is 4.99 Å². The molecule has 0 N–H and O–H groups in total. The Morgan fingerprint density at radius 1 is 1.00 bits per heavy atom. The minimum atomic E-state index is 0.0290. The van der Waals surface area contributed by atoms with Gasteiger partial charge in [0.1, 0.15) is 0 Å². The fourth-order valence-electron chi connectivity index (χ4n) is 2.95. The SMILES string of the molecule is CCC1(CC)Cc2ccccc2C(c2ccccn2)=N1. The zero-order chi connectivity index (χ0) is 14.0. The molecule has 2 heterocycles. The molecule has 0 atom stereocenters. The summed E-state index contributed by atoms with van der Waals surface area (Å²) in [6.45, 7) is 4.47. The monoisotopic (exact) mass is 264 g/mol. The Morgan fingerprint density at radius 3 is 2.45 bits per heavy atom. The van der Waals surface area contributed by atoms with E-state index in [1.54, 1.807) is 0 Å². The molecule has 0 radical (unpaired) electrons. The molecule has 0 saturated carbocycles. The highest BCUT2D eigenvalue weighted by Gasteiger charge is 2.32. The van der Waals surface area contributed by atoms with Crippen LogP contribution in [0, 0.1) is 0 Å². The Labute approximate surface area is 120 Å². The van der Waals surface area contributed by atoms with Crippen LogP contribution in [-0.2, 0) is 6.42 Å². The van der Waals surface area contributed by atoms with Gasteiger partial charge in [0, 0.05) is 11.8 Å². The van der Waals surface area contributed by atoms with Gasteiger partial charge in [-0.3, -0.25) is 9.98 Å². The number of rotatable bonds is 3. The van der Waals surface area contributed by atoms with Crippen LogP contribution in [0.5, 0.6) is 0 Å². The molecule has 2 nitrogen and oxygen atoms in total. The van der Waals surface area contributed by atoms with Crippen LogP contribution in [-0.4, -0.2) is 16.2 Å². The third-order valence-electron chi connectivity index (χ3n) is 4.36. The number of aromatic nitrogens is 1. The molecular formula is C18H20N2. The van der Waals surface area contributed by atoms with Crippen LogP contribution >= 0.6 is 0 Å². The first-order valence-corrected chi connectivity index (χ1v) is 7.37. The largest absolute Gasteiger partial charge is 0.275 e. The average molecular weight is 264 g/mol. The van der Waals surface area contributed by atoms with Gasteiger partial charge in [0.25, 0.3) is 0 Å². The minimum absolute atomic E-state index is 0.0290. The summed E-state index contributed by atoms with van der Waals surface area (Å²) in [5, 5.41) is 0. The van der Waals surface area contributed by atoms with E-state index in [9.17, 15) is 0 Å². The van der Waals surface area contributed by atoms with Crippen molar-refractivity contribution in [2.75, 3.05) is 0 Å². The summed E-state index contributed by atoms with van der Waals surface area (Å²) in [7, 11) is 0. The van der Waals surface area contributed by atoms with Crippen molar-refractivity contribution in [1.29, 1.82) is 0 Å².